The molecule has 0 fully saturated rings. The Hall–Kier alpha value is -2.36. The summed E-state index contributed by atoms with van der Waals surface area (Å²) >= 11 is 5.32. The normalized spacial score (nSPS) is 19.2. The molecule has 0 radical (unpaired) electrons. The first kappa shape index (κ1) is 20.9. The van der Waals surface area contributed by atoms with Crippen LogP contribution in [0.15, 0.2) is 63.5 Å². The molecule has 2 aromatic rings. The van der Waals surface area contributed by atoms with Crippen molar-refractivity contribution >= 4 is 38.7 Å². The fourth-order valence-corrected chi connectivity index (χ4v) is 5.95. The minimum Gasteiger partial charge on any atom is -0.384 e. The number of hydrogen-bond donors (Lipinski definition) is 1. The average molecular weight is 482 g/mol. The Kier molecular flexibility index (Phi) is 6.12. The van der Waals surface area contributed by atoms with Crippen LogP contribution in [-0.2, 0) is 11.2 Å². The SMILES string of the molecule is CCCCc1ccc(C2C(C#N)=C(N)N(c3ccccc3Br)C3=C2C(=O)CCC3)s1. The minimum absolute atomic E-state index is 0.127. The van der Waals surface area contributed by atoms with Gasteiger partial charge in [0.25, 0.3) is 0 Å². The molecule has 2 N–H and O–H groups in total. The second-order valence-corrected chi connectivity index (χ2v) is 9.73. The number of nitrogens with two attached hydrogens (primary N) is 1. The van der Waals surface area contributed by atoms with Crippen LogP contribution < -0.4 is 10.6 Å². The van der Waals surface area contributed by atoms with Gasteiger partial charge in [0.1, 0.15) is 5.82 Å². The Balaban J connectivity index is 1.88. The third-order valence-electron chi connectivity index (χ3n) is 5.75. The highest BCUT2D eigenvalue weighted by molar-refractivity contribution is 9.10. The molecule has 1 aliphatic carbocycles. The zero-order chi connectivity index (χ0) is 21.3. The molecule has 30 heavy (non-hydrogen) atoms. The van der Waals surface area contributed by atoms with Crippen molar-refractivity contribution in [2.45, 2.75) is 51.4 Å². The van der Waals surface area contributed by atoms with Crippen LogP contribution in [0.1, 0.15) is 54.7 Å². The Bertz CT molecular complexity index is 1090. The Morgan fingerprint density at radius 2 is 2.07 bits per heavy atom. The third-order valence-corrected chi connectivity index (χ3v) is 7.63. The largest absolute Gasteiger partial charge is 0.384 e. The summed E-state index contributed by atoms with van der Waals surface area (Å²) in [6.07, 6.45) is 5.39. The fraction of sp³-hybridized carbons (Fsp3) is 0.333. The highest BCUT2D eigenvalue weighted by atomic mass is 79.9. The van der Waals surface area contributed by atoms with Gasteiger partial charge < -0.3 is 5.73 Å². The second-order valence-electron chi connectivity index (χ2n) is 7.68. The van der Waals surface area contributed by atoms with Crippen molar-refractivity contribution in [2.75, 3.05) is 4.90 Å². The van der Waals surface area contributed by atoms with Gasteiger partial charge in [0.2, 0.25) is 0 Å². The van der Waals surface area contributed by atoms with E-state index in [2.05, 4.69) is 41.1 Å². The number of nitrogens with zero attached hydrogens (tertiary/aromatic N) is 2. The van der Waals surface area contributed by atoms with E-state index in [9.17, 15) is 10.1 Å². The highest BCUT2D eigenvalue weighted by Gasteiger charge is 2.41. The van der Waals surface area contributed by atoms with Crippen molar-refractivity contribution in [3.05, 3.63) is 73.3 Å². The lowest BCUT2D eigenvalue weighted by molar-refractivity contribution is -0.116. The Morgan fingerprint density at radius 1 is 1.27 bits per heavy atom. The lowest BCUT2D eigenvalue weighted by Gasteiger charge is -2.39. The number of hydrogen-bond acceptors (Lipinski definition) is 5. The summed E-state index contributed by atoms with van der Waals surface area (Å²) in [6, 6.07) is 14.3. The summed E-state index contributed by atoms with van der Waals surface area (Å²) in [5.41, 5.74) is 9.62. The second kappa shape index (κ2) is 8.79. The maximum atomic E-state index is 13.2. The number of ketones is 1. The highest BCUT2D eigenvalue weighted by Crippen LogP contribution is 2.48. The number of rotatable bonds is 5. The van der Waals surface area contributed by atoms with E-state index in [1.807, 2.05) is 29.2 Å². The van der Waals surface area contributed by atoms with E-state index in [0.29, 0.717) is 17.8 Å². The van der Waals surface area contributed by atoms with Crippen LogP contribution in [0, 0.1) is 11.3 Å². The topological polar surface area (TPSA) is 70.1 Å². The van der Waals surface area contributed by atoms with Gasteiger partial charge in [-0.05, 0) is 65.9 Å². The first-order chi connectivity index (χ1) is 14.6. The van der Waals surface area contributed by atoms with E-state index >= 15 is 0 Å². The minimum atomic E-state index is -0.364. The molecule has 4 nitrogen and oxygen atoms in total. The molecule has 0 spiro atoms. The van der Waals surface area contributed by atoms with Crippen LogP contribution in [0.4, 0.5) is 5.69 Å². The number of carbonyl (C=O) groups excluding carboxylic acids is 1. The molecule has 0 bridgehead atoms. The smallest absolute Gasteiger partial charge is 0.161 e. The van der Waals surface area contributed by atoms with E-state index in [-0.39, 0.29) is 11.7 Å². The van der Waals surface area contributed by atoms with Crippen LogP contribution in [0.3, 0.4) is 0 Å². The van der Waals surface area contributed by atoms with E-state index in [4.69, 9.17) is 5.73 Å². The molecule has 2 aliphatic rings. The van der Waals surface area contributed by atoms with Crippen LogP contribution in [0.5, 0.6) is 0 Å². The molecule has 154 valence electrons. The van der Waals surface area contributed by atoms with Gasteiger partial charge in [0, 0.05) is 31.9 Å². The lowest BCUT2D eigenvalue weighted by Crippen LogP contribution is -2.38. The monoisotopic (exact) mass is 481 g/mol. The van der Waals surface area contributed by atoms with Gasteiger partial charge in [-0.25, -0.2) is 0 Å². The van der Waals surface area contributed by atoms with Crippen molar-refractivity contribution in [1.29, 1.82) is 5.26 Å². The molecule has 1 aromatic heterocycles. The summed E-state index contributed by atoms with van der Waals surface area (Å²) in [5.74, 6) is 0.185. The number of nitriles is 1. The van der Waals surface area contributed by atoms with E-state index in [0.717, 1.165) is 58.4 Å². The summed E-state index contributed by atoms with van der Waals surface area (Å²) in [4.78, 5) is 17.4. The van der Waals surface area contributed by atoms with Gasteiger partial charge in [0.05, 0.1) is 23.2 Å². The van der Waals surface area contributed by atoms with Gasteiger partial charge in [0.15, 0.2) is 5.78 Å². The summed E-state index contributed by atoms with van der Waals surface area (Å²) < 4.78 is 0.881. The number of anilines is 1. The zero-order valence-electron chi connectivity index (χ0n) is 17.0. The summed E-state index contributed by atoms with van der Waals surface area (Å²) in [6.45, 7) is 2.18. The molecule has 0 saturated carbocycles. The molecule has 2 heterocycles. The molecule has 4 rings (SSSR count). The quantitative estimate of drug-likeness (QED) is 0.554. The van der Waals surface area contributed by atoms with Crippen molar-refractivity contribution in [1.82, 2.24) is 0 Å². The standard InChI is InChI=1S/C24H24BrN3OS/c1-2-3-7-15-12-13-21(30-15)22-16(14-26)24(27)28(18-9-5-4-8-17(18)25)19-10-6-11-20(29)23(19)22/h4-5,8-9,12-13,22H,2-3,6-7,10-11,27H2,1H3. The maximum Gasteiger partial charge on any atom is 0.161 e. The Labute approximate surface area is 189 Å². The first-order valence-electron chi connectivity index (χ1n) is 10.4. The molecule has 1 atom stereocenters. The van der Waals surface area contributed by atoms with Crippen LogP contribution in [0.2, 0.25) is 0 Å². The van der Waals surface area contributed by atoms with Gasteiger partial charge in [-0.15, -0.1) is 11.3 Å². The van der Waals surface area contributed by atoms with Crippen molar-refractivity contribution < 1.29 is 4.79 Å². The van der Waals surface area contributed by atoms with E-state index in [1.54, 1.807) is 11.3 Å². The number of halogens is 1. The number of carbonyl (C=O) groups is 1. The molecule has 6 heteroatoms. The molecular weight excluding hydrogens is 458 g/mol. The summed E-state index contributed by atoms with van der Waals surface area (Å²) in [7, 11) is 0. The predicted molar refractivity (Wildman–Crippen MR) is 125 cm³/mol. The number of unbranched alkanes of at least 4 members (excludes halogenated alkanes) is 1. The number of Topliss-reactive ketones (excluding diaryl/α,β-unsaturated/α-hetero) is 1. The molecule has 1 aliphatic heterocycles. The summed E-state index contributed by atoms with van der Waals surface area (Å²) in [5, 5.41) is 10.1. The van der Waals surface area contributed by atoms with Gasteiger partial charge in [-0.1, -0.05) is 25.5 Å². The van der Waals surface area contributed by atoms with Gasteiger partial charge >= 0.3 is 0 Å². The number of thiophene rings is 1. The number of benzene rings is 1. The average Bonchev–Trinajstić information content (AvgIpc) is 3.21. The van der Waals surface area contributed by atoms with Crippen LogP contribution in [0.25, 0.3) is 0 Å². The van der Waals surface area contributed by atoms with Gasteiger partial charge in [-0.3, -0.25) is 9.69 Å². The molecule has 1 aromatic carbocycles. The van der Waals surface area contributed by atoms with Crippen LogP contribution >= 0.6 is 27.3 Å². The molecule has 0 saturated heterocycles. The zero-order valence-corrected chi connectivity index (χ0v) is 19.4. The van der Waals surface area contributed by atoms with Gasteiger partial charge in [-0.2, -0.15) is 5.26 Å². The number of allylic oxidation sites excluding steroid dienone is 3. The Morgan fingerprint density at radius 3 is 2.80 bits per heavy atom. The number of aryl methyl sites for hydroxylation is 1. The fourth-order valence-electron chi connectivity index (χ4n) is 4.31. The molecule has 0 amide bonds. The van der Waals surface area contributed by atoms with E-state index < -0.39 is 0 Å². The van der Waals surface area contributed by atoms with Crippen molar-refractivity contribution in [2.24, 2.45) is 5.73 Å². The molecule has 1 unspecified atom stereocenters. The van der Waals surface area contributed by atoms with Crippen LogP contribution in [-0.4, -0.2) is 5.78 Å². The number of para-hydroxylation sites is 1. The van der Waals surface area contributed by atoms with Crippen molar-refractivity contribution in [3.63, 3.8) is 0 Å². The van der Waals surface area contributed by atoms with E-state index in [1.165, 1.54) is 4.88 Å². The predicted octanol–water partition coefficient (Wildman–Crippen LogP) is 6.16. The van der Waals surface area contributed by atoms with Crippen molar-refractivity contribution in [3.8, 4) is 6.07 Å². The first-order valence-corrected chi connectivity index (χ1v) is 12.0. The maximum absolute atomic E-state index is 13.2. The lowest BCUT2D eigenvalue weighted by atomic mass is 9.78. The molecular formula is C24H24BrN3OS. The third kappa shape index (κ3) is 3.61.